The second-order valence-electron chi connectivity index (χ2n) is 11.5. The molecular weight excluding hydrogens is 444 g/mol. The molecule has 0 aromatic carbocycles. The summed E-state index contributed by atoms with van der Waals surface area (Å²) in [7, 11) is 0. The number of hydrogen-bond donors (Lipinski definition) is 2. The van der Waals surface area contributed by atoms with Gasteiger partial charge in [-0.15, -0.1) is 0 Å². The lowest BCUT2D eigenvalue weighted by Gasteiger charge is -2.40. The van der Waals surface area contributed by atoms with E-state index in [0.717, 1.165) is 75.0 Å². The fourth-order valence-corrected chi connectivity index (χ4v) is 7.05. The molecule has 3 aliphatic carbocycles. The van der Waals surface area contributed by atoms with Crippen molar-refractivity contribution in [2.24, 2.45) is 23.7 Å². The van der Waals surface area contributed by atoms with E-state index >= 15 is 0 Å². The predicted molar refractivity (Wildman–Crippen MR) is 139 cm³/mol. The largest absolute Gasteiger partial charge is 0.462 e. The van der Waals surface area contributed by atoms with Crippen LogP contribution in [0.4, 0.5) is 0 Å². The summed E-state index contributed by atoms with van der Waals surface area (Å²) in [4.78, 5) is 26.2. The van der Waals surface area contributed by atoms with E-state index in [1.165, 1.54) is 32.1 Å². The third-order valence-electron chi connectivity index (χ3n) is 8.87. The molecular formula is C28H44N2O3S. The maximum absolute atomic E-state index is 13.6. The Morgan fingerprint density at radius 3 is 2.44 bits per heavy atom. The summed E-state index contributed by atoms with van der Waals surface area (Å²) < 4.78 is 5.97. The average Bonchev–Trinajstić information content (AvgIpc) is 2.83. The van der Waals surface area contributed by atoms with Gasteiger partial charge in [0, 0.05) is 23.6 Å². The standard InChI is InChI=1S/C28H44N2O3S/c1-18-11-13-20(14-12-18)15-16-24(31)33-23-10-6-9-22(17-23)26-25(19(2)29-28(34)30-26)27(32)21-7-4-3-5-8-21/h18,20-23,26H,3-17H2,1-2H3,(H2,29,30,34). The molecule has 6 heteroatoms. The number of ketones is 1. The van der Waals surface area contributed by atoms with E-state index in [9.17, 15) is 9.59 Å². The molecule has 4 rings (SSSR count). The maximum Gasteiger partial charge on any atom is 0.306 e. The van der Waals surface area contributed by atoms with Gasteiger partial charge < -0.3 is 15.4 Å². The van der Waals surface area contributed by atoms with E-state index in [2.05, 4.69) is 17.6 Å². The van der Waals surface area contributed by atoms with Crippen LogP contribution in [-0.2, 0) is 14.3 Å². The number of carbonyl (C=O) groups is 2. The molecule has 1 heterocycles. The molecule has 3 unspecified atom stereocenters. The van der Waals surface area contributed by atoms with Crippen molar-refractivity contribution >= 4 is 29.1 Å². The predicted octanol–water partition coefficient (Wildman–Crippen LogP) is 5.96. The van der Waals surface area contributed by atoms with Crippen LogP contribution < -0.4 is 10.6 Å². The van der Waals surface area contributed by atoms with Crippen LogP contribution in [0, 0.1) is 23.7 Å². The summed E-state index contributed by atoms with van der Waals surface area (Å²) in [6, 6.07) is -0.0751. The lowest BCUT2D eigenvalue weighted by atomic mass is 9.74. The van der Waals surface area contributed by atoms with Gasteiger partial charge in [0.1, 0.15) is 6.10 Å². The molecule has 0 spiro atoms. The molecule has 190 valence electrons. The van der Waals surface area contributed by atoms with Gasteiger partial charge in [0.15, 0.2) is 10.9 Å². The van der Waals surface area contributed by atoms with Gasteiger partial charge in [-0.05, 0) is 81.8 Å². The van der Waals surface area contributed by atoms with Crippen LogP contribution in [0.2, 0.25) is 0 Å². The first-order valence-electron chi connectivity index (χ1n) is 13.9. The van der Waals surface area contributed by atoms with Crippen molar-refractivity contribution in [3.63, 3.8) is 0 Å². The fourth-order valence-electron chi connectivity index (χ4n) is 6.77. The quantitative estimate of drug-likeness (QED) is 0.340. The van der Waals surface area contributed by atoms with Crippen molar-refractivity contribution in [3.05, 3.63) is 11.3 Å². The number of thiocarbonyl (C=S) groups is 1. The Labute approximate surface area is 211 Å². The molecule has 3 saturated carbocycles. The van der Waals surface area contributed by atoms with Crippen LogP contribution in [-0.4, -0.2) is 29.0 Å². The highest BCUT2D eigenvalue weighted by Crippen LogP contribution is 2.37. The zero-order valence-corrected chi connectivity index (χ0v) is 22.0. The number of allylic oxidation sites excluding steroid dienone is 1. The Balaban J connectivity index is 1.34. The first kappa shape index (κ1) is 25.7. The molecule has 3 atom stereocenters. The zero-order valence-electron chi connectivity index (χ0n) is 21.2. The minimum atomic E-state index is -0.0751. The number of carbonyl (C=O) groups excluding carboxylic acids is 2. The van der Waals surface area contributed by atoms with E-state index in [4.69, 9.17) is 17.0 Å². The monoisotopic (exact) mass is 488 g/mol. The van der Waals surface area contributed by atoms with Crippen molar-refractivity contribution in [1.29, 1.82) is 0 Å². The van der Waals surface area contributed by atoms with Gasteiger partial charge in [-0.2, -0.15) is 0 Å². The van der Waals surface area contributed by atoms with Crippen molar-refractivity contribution in [2.45, 2.75) is 122 Å². The summed E-state index contributed by atoms with van der Waals surface area (Å²) in [6.07, 6.45) is 15.9. The summed E-state index contributed by atoms with van der Waals surface area (Å²) in [5, 5.41) is 7.24. The van der Waals surface area contributed by atoms with Crippen LogP contribution in [0.25, 0.3) is 0 Å². The number of hydrogen-bond acceptors (Lipinski definition) is 4. The Kier molecular flexibility index (Phi) is 9.06. The van der Waals surface area contributed by atoms with Crippen LogP contribution in [0.5, 0.6) is 0 Å². The minimum absolute atomic E-state index is 0.0386. The van der Waals surface area contributed by atoms with Gasteiger partial charge in [-0.1, -0.05) is 51.9 Å². The van der Waals surface area contributed by atoms with Crippen LogP contribution in [0.1, 0.15) is 110 Å². The third kappa shape index (κ3) is 6.61. The average molecular weight is 489 g/mol. The lowest BCUT2D eigenvalue weighted by molar-refractivity contribution is -0.152. The van der Waals surface area contributed by atoms with Crippen LogP contribution >= 0.6 is 12.2 Å². The summed E-state index contributed by atoms with van der Waals surface area (Å²) in [5.74, 6) is 2.17. The summed E-state index contributed by atoms with van der Waals surface area (Å²) in [6.45, 7) is 4.32. The Morgan fingerprint density at radius 1 is 0.971 bits per heavy atom. The van der Waals surface area contributed by atoms with Crippen molar-refractivity contribution in [1.82, 2.24) is 10.6 Å². The molecule has 0 saturated heterocycles. The van der Waals surface area contributed by atoms with Crippen molar-refractivity contribution in [2.75, 3.05) is 0 Å². The SMILES string of the molecule is CC1=C(C(=O)C2CCCCC2)C(C2CCCC(OC(=O)CCC3CCC(C)CC3)C2)NC(=S)N1. The smallest absolute Gasteiger partial charge is 0.306 e. The van der Waals surface area contributed by atoms with Crippen molar-refractivity contribution in [3.8, 4) is 0 Å². The highest BCUT2D eigenvalue weighted by atomic mass is 32.1. The number of esters is 1. The normalized spacial score (nSPS) is 33.1. The van der Waals surface area contributed by atoms with Crippen LogP contribution in [0.3, 0.4) is 0 Å². The topological polar surface area (TPSA) is 67.4 Å². The molecule has 4 aliphatic rings. The Morgan fingerprint density at radius 2 is 1.71 bits per heavy atom. The molecule has 5 nitrogen and oxygen atoms in total. The van der Waals surface area contributed by atoms with Gasteiger partial charge in [0.2, 0.25) is 0 Å². The summed E-state index contributed by atoms with van der Waals surface area (Å²) >= 11 is 5.48. The lowest BCUT2D eigenvalue weighted by Crippen LogP contribution is -2.54. The number of nitrogens with one attached hydrogen (secondary N) is 2. The third-order valence-corrected chi connectivity index (χ3v) is 9.09. The van der Waals surface area contributed by atoms with Crippen molar-refractivity contribution < 1.29 is 14.3 Å². The molecule has 0 bridgehead atoms. The second-order valence-corrected chi connectivity index (χ2v) is 11.9. The van der Waals surface area contributed by atoms with Gasteiger partial charge in [0.25, 0.3) is 0 Å². The fraction of sp³-hybridized carbons (Fsp3) is 0.821. The van der Waals surface area contributed by atoms with Gasteiger partial charge in [0.05, 0.1) is 6.04 Å². The number of rotatable bonds is 7. The zero-order chi connectivity index (χ0) is 24.1. The van der Waals surface area contributed by atoms with E-state index in [0.29, 0.717) is 23.2 Å². The number of Topliss-reactive ketones (excluding diaryl/α,β-unsaturated/α-hetero) is 1. The highest BCUT2D eigenvalue weighted by molar-refractivity contribution is 7.80. The van der Waals surface area contributed by atoms with Crippen LogP contribution in [0.15, 0.2) is 11.3 Å². The molecule has 2 N–H and O–H groups in total. The molecule has 34 heavy (non-hydrogen) atoms. The minimum Gasteiger partial charge on any atom is -0.462 e. The molecule has 0 aromatic heterocycles. The highest BCUT2D eigenvalue weighted by Gasteiger charge is 2.39. The maximum atomic E-state index is 13.6. The molecule has 0 aromatic rings. The first-order valence-corrected chi connectivity index (χ1v) is 14.3. The van der Waals surface area contributed by atoms with E-state index in [-0.39, 0.29) is 30.0 Å². The molecule has 1 aliphatic heterocycles. The van der Waals surface area contributed by atoms with E-state index in [1.54, 1.807) is 0 Å². The Hall–Kier alpha value is -1.43. The first-order chi connectivity index (χ1) is 16.4. The van der Waals surface area contributed by atoms with Gasteiger partial charge in [-0.3, -0.25) is 9.59 Å². The van der Waals surface area contributed by atoms with Gasteiger partial charge in [-0.25, -0.2) is 0 Å². The van der Waals surface area contributed by atoms with E-state index < -0.39 is 0 Å². The molecule has 0 amide bonds. The number of ether oxygens (including phenoxy) is 1. The summed E-state index contributed by atoms with van der Waals surface area (Å²) in [5.41, 5.74) is 1.80. The second kappa shape index (κ2) is 12.0. The molecule has 0 radical (unpaired) electrons. The molecule has 3 fully saturated rings. The van der Waals surface area contributed by atoms with E-state index in [1.807, 2.05) is 6.92 Å². The Bertz CT molecular complexity index is 781. The van der Waals surface area contributed by atoms with Gasteiger partial charge >= 0.3 is 5.97 Å².